The van der Waals surface area contributed by atoms with E-state index in [1.165, 1.54) is 56.5 Å². The number of carbonyl (C=O) groups excluding carboxylic acids is 1. The standard InChI is InChI=1S/C14H24OS/c15-14(10-12-4-2-1-3-5-12)11-13-6-8-16-9-7-13/h12-13H,1-11H2. The van der Waals surface area contributed by atoms with Crippen molar-refractivity contribution in [2.24, 2.45) is 11.8 Å². The van der Waals surface area contributed by atoms with Crippen molar-refractivity contribution in [2.45, 2.75) is 57.8 Å². The lowest BCUT2D eigenvalue weighted by atomic mass is 9.84. The maximum atomic E-state index is 12.0. The second-order valence-corrected chi connectivity index (χ2v) is 6.73. The monoisotopic (exact) mass is 240 g/mol. The lowest BCUT2D eigenvalue weighted by Gasteiger charge is -2.23. The molecule has 0 aromatic carbocycles. The summed E-state index contributed by atoms with van der Waals surface area (Å²) in [7, 11) is 0. The lowest BCUT2D eigenvalue weighted by Crippen LogP contribution is -2.17. The summed E-state index contributed by atoms with van der Waals surface area (Å²) in [5.74, 6) is 4.57. The van der Waals surface area contributed by atoms with Gasteiger partial charge in [0.2, 0.25) is 0 Å². The molecule has 0 atom stereocenters. The molecule has 1 saturated heterocycles. The van der Waals surface area contributed by atoms with Crippen molar-refractivity contribution in [2.75, 3.05) is 11.5 Å². The summed E-state index contributed by atoms with van der Waals surface area (Å²) in [4.78, 5) is 12.0. The Morgan fingerprint density at radius 2 is 1.44 bits per heavy atom. The van der Waals surface area contributed by atoms with E-state index >= 15 is 0 Å². The molecular weight excluding hydrogens is 216 g/mol. The Morgan fingerprint density at radius 1 is 0.875 bits per heavy atom. The van der Waals surface area contributed by atoms with Crippen LogP contribution in [-0.2, 0) is 4.79 Å². The maximum Gasteiger partial charge on any atom is 0.133 e. The molecule has 1 aliphatic carbocycles. The first-order valence-corrected chi connectivity index (χ1v) is 8.09. The molecule has 0 aromatic rings. The van der Waals surface area contributed by atoms with Gasteiger partial charge in [-0.2, -0.15) is 11.8 Å². The minimum absolute atomic E-state index is 0.559. The summed E-state index contributed by atoms with van der Waals surface area (Å²) in [5, 5.41) is 0. The Morgan fingerprint density at radius 3 is 2.06 bits per heavy atom. The Bertz CT molecular complexity index is 193. The first-order valence-electron chi connectivity index (χ1n) is 6.94. The Kier molecular flexibility index (Phi) is 5.21. The van der Waals surface area contributed by atoms with Crippen LogP contribution in [0, 0.1) is 11.8 Å². The molecule has 2 heteroatoms. The number of Topliss-reactive ketones (excluding diaryl/α,β-unsaturated/α-hetero) is 1. The van der Waals surface area contributed by atoms with Gasteiger partial charge in [-0.05, 0) is 36.2 Å². The SMILES string of the molecule is O=C(CC1CCCCC1)CC1CCSCC1. The minimum atomic E-state index is 0.559. The van der Waals surface area contributed by atoms with Crippen molar-refractivity contribution in [3.05, 3.63) is 0 Å². The van der Waals surface area contributed by atoms with Gasteiger partial charge in [0, 0.05) is 12.8 Å². The van der Waals surface area contributed by atoms with E-state index in [4.69, 9.17) is 0 Å². The number of hydrogen-bond donors (Lipinski definition) is 0. The summed E-state index contributed by atoms with van der Waals surface area (Å²) in [6.45, 7) is 0. The second-order valence-electron chi connectivity index (χ2n) is 5.51. The first kappa shape index (κ1) is 12.5. The first-order chi connectivity index (χ1) is 7.84. The summed E-state index contributed by atoms with van der Waals surface area (Å²) in [5.41, 5.74) is 0. The van der Waals surface area contributed by atoms with Crippen LogP contribution in [0.2, 0.25) is 0 Å². The van der Waals surface area contributed by atoms with Crippen LogP contribution < -0.4 is 0 Å². The van der Waals surface area contributed by atoms with E-state index in [1.54, 1.807) is 0 Å². The van der Waals surface area contributed by atoms with Crippen molar-refractivity contribution in [3.8, 4) is 0 Å². The van der Waals surface area contributed by atoms with E-state index in [-0.39, 0.29) is 0 Å². The number of rotatable bonds is 4. The van der Waals surface area contributed by atoms with Crippen LogP contribution in [0.4, 0.5) is 0 Å². The van der Waals surface area contributed by atoms with Crippen LogP contribution in [-0.4, -0.2) is 17.3 Å². The normalized spacial score (nSPS) is 24.5. The molecule has 1 aliphatic heterocycles. The molecule has 0 spiro atoms. The highest BCUT2D eigenvalue weighted by molar-refractivity contribution is 7.99. The van der Waals surface area contributed by atoms with Gasteiger partial charge in [-0.1, -0.05) is 32.1 Å². The van der Waals surface area contributed by atoms with Gasteiger partial charge in [-0.3, -0.25) is 4.79 Å². The van der Waals surface area contributed by atoms with Gasteiger partial charge < -0.3 is 0 Å². The van der Waals surface area contributed by atoms with E-state index in [0.717, 1.165) is 24.7 Å². The average Bonchev–Trinajstić information content (AvgIpc) is 2.31. The third-order valence-electron chi connectivity index (χ3n) is 4.10. The number of hydrogen-bond acceptors (Lipinski definition) is 2. The van der Waals surface area contributed by atoms with Crippen LogP contribution in [0.3, 0.4) is 0 Å². The van der Waals surface area contributed by atoms with Crippen molar-refractivity contribution >= 4 is 17.5 Å². The zero-order valence-corrected chi connectivity index (χ0v) is 11.1. The van der Waals surface area contributed by atoms with Gasteiger partial charge in [-0.15, -0.1) is 0 Å². The molecule has 2 rings (SSSR count). The molecule has 2 aliphatic rings. The van der Waals surface area contributed by atoms with E-state index in [1.807, 2.05) is 0 Å². The zero-order valence-electron chi connectivity index (χ0n) is 10.2. The molecule has 0 amide bonds. The Labute approximate surface area is 104 Å². The largest absolute Gasteiger partial charge is 0.300 e. The molecule has 92 valence electrons. The smallest absolute Gasteiger partial charge is 0.133 e. The highest BCUT2D eigenvalue weighted by Gasteiger charge is 2.21. The van der Waals surface area contributed by atoms with Gasteiger partial charge in [0.15, 0.2) is 0 Å². The van der Waals surface area contributed by atoms with Crippen LogP contribution >= 0.6 is 11.8 Å². The quantitative estimate of drug-likeness (QED) is 0.737. The lowest BCUT2D eigenvalue weighted by molar-refractivity contribution is -0.121. The molecule has 0 radical (unpaired) electrons. The van der Waals surface area contributed by atoms with Crippen LogP contribution in [0.15, 0.2) is 0 Å². The number of thioether (sulfide) groups is 1. The number of carbonyl (C=O) groups is 1. The third kappa shape index (κ3) is 4.12. The summed E-state index contributed by atoms with van der Waals surface area (Å²) in [6.07, 6.45) is 11.1. The molecule has 2 fully saturated rings. The van der Waals surface area contributed by atoms with E-state index in [0.29, 0.717) is 5.78 Å². The summed E-state index contributed by atoms with van der Waals surface area (Å²) < 4.78 is 0. The predicted octanol–water partition coefficient (Wildman–Crippen LogP) is 4.06. The minimum Gasteiger partial charge on any atom is -0.300 e. The topological polar surface area (TPSA) is 17.1 Å². The molecule has 0 aromatic heterocycles. The fourth-order valence-electron chi connectivity index (χ4n) is 3.07. The van der Waals surface area contributed by atoms with Crippen LogP contribution in [0.5, 0.6) is 0 Å². The third-order valence-corrected chi connectivity index (χ3v) is 5.15. The number of ketones is 1. The van der Waals surface area contributed by atoms with Crippen molar-refractivity contribution in [1.29, 1.82) is 0 Å². The molecule has 16 heavy (non-hydrogen) atoms. The van der Waals surface area contributed by atoms with E-state index < -0.39 is 0 Å². The molecule has 1 saturated carbocycles. The van der Waals surface area contributed by atoms with E-state index in [9.17, 15) is 4.79 Å². The average molecular weight is 240 g/mol. The zero-order chi connectivity index (χ0) is 11.2. The van der Waals surface area contributed by atoms with Gasteiger partial charge in [-0.25, -0.2) is 0 Å². The van der Waals surface area contributed by atoms with E-state index in [2.05, 4.69) is 11.8 Å². The van der Waals surface area contributed by atoms with Gasteiger partial charge >= 0.3 is 0 Å². The highest BCUT2D eigenvalue weighted by Crippen LogP contribution is 2.29. The van der Waals surface area contributed by atoms with Gasteiger partial charge in [0.05, 0.1) is 0 Å². The summed E-state index contributed by atoms with van der Waals surface area (Å²) in [6, 6.07) is 0. The predicted molar refractivity (Wildman–Crippen MR) is 70.9 cm³/mol. The summed E-state index contributed by atoms with van der Waals surface area (Å²) >= 11 is 2.05. The fourth-order valence-corrected chi connectivity index (χ4v) is 4.27. The molecule has 0 N–H and O–H groups in total. The Balaban J connectivity index is 1.66. The van der Waals surface area contributed by atoms with Crippen molar-refractivity contribution in [3.63, 3.8) is 0 Å². The second kappa shape index (κ2) is 6.68. The molecular formula is C14H24OS. The fraction of sp³-hybridized carbons (Fsp3) is 0.929. The van der Waals surface area contributed by atoms with Crippen molar-refractivity contribution in [1.82, 2.24) is 0 Å². The van der Waals surface area contributed by atoms with Crippen molar-refractivity contribution < 1.29 is 4.79 Å². The highest BCUT2D eigenvalue weighted by atomic mass is 32.2. The molecule has 0 bridgehead atoms. The van der Waals surface area contributed by atoms with Crippen LogP contribution in [0.25, 0.3) is 0 Å². The molecule has 1 heterocycles. The maximum absolute atomic E-state index is 12.0. The van der Waals surface area contributed by atoms with Gasteiger partial charge in [0.1, 0.15) is 5.78 Å². The van der Waals surface area contributed by atoms with Gasteiger partial charge in [0.25, 0.3) is 0 Å². The molecule has 0 unspecified atom stereocenters. The Hall–Kier alpha value is 0.0200. The van der Waals surface area contributed by atoms with Crippen LogP contribution in [0.1, 0.15) is 57.8 Å². The molecule has 1 nitrogen and oxygen atoms in total.